The molecule has 0 N–H and O–H groups in total. The maximum Gasteiger partial charge on any atom is 0.387 e. The number of hydrogen-bond donors (Lipinski definition) is 0. The van der Waals surface area contributed by atoms with Crippen LogP contribution in [0.2, 0.25) is 0 Å². The molecule has 0 radical (unpaired) electrons. The van der Waals surface area contributed by atoms with Crippen molar-refractivity contribution < 1.29 is 27.4 Å². The molecule has 1 aromatic carbocycles. The Hall–Kier alpha value is -1.98. The highest BCUT2D eigenvalue weighted by Gasteiger charge is 2.43. The van der Waals surface area contributed by atoms with Crippen molar-refractivity contribution in [1.29, 1.82) is 0 Å². The van der Waals surface area contributed by atoms with E-state index in [1.54, 1.807) is 0 Å². The molecule has 3 saturated carbocycles. The van der Waals surface area contributed by atoms with Crippen molar-refractivity contribution in [2.45, 2.75) is 83.7 Å². The monoisotopic (exact) mass is 478 g/mol. The number of rotatable bonds is 8. The fraction of sp³-hybridized carbons (Fsp3) is 0.679. The number of carbonyl (C=O) groups excluding carboxylic acids is 1. The molecule has 0 spiro atoms. The molecule has 188 valence electrons. The average Bonchev–Trinajstić information content (AvgIpc) is 2.83. The molecule has 3 fully saturated rings. The minimum Gasteiger partial charge on any atom is -0.432 e. The van der Waals surface area contributed by atoms with Gasteiger partial charge in [-0.3, -0.25) is 4.79 Å². The number of ether oxygens (including phenoxy) is 2. The quantitative estimate of drug-likeness (QED) is 0.216. The maximum absolute atomic E-state index is 14.0. The van der Waals surface area contributed by atoms with Gasteiger partial charge in [0, 0.05) is 6.07 Å². The second kappa shape index (κ2) is 11.6. The molecular weight excluding hydrogens is 441 g/mol. The van der Waals surface area contributed by atoms with Crippen molar-refractivity contribution in [2.24, 2.45) is 35.5 Å². The Labute approximate surface area is 201 Å². The first-order chi connectivity index (χ1) is 16.4. The molecule has 4 unspecified atom stereocenters. The van der Waals surface area contributed by atoms with E-state index in [0.717, 1.165) is 55.6 Å². The van der Waals surface area contributed by atoms with E-state index < -0.39 is 18.2 Å². The highest BCUT2D eigenvalue weighted by Crippen LogP contribution is 2.50. The van der Waals surface area contributed by atoms with Crippen LogP contribution in [0.1, 0.15) is 77.0 Å². The van der Waals surface area contributed by atoms with Gasteiger partial charge in [0.1, 0.15) is 5.75 Å². The molecular formula is C28H37F3O3. The number of fused-ring (bicyclic) bond motifs is 1. The molecule has 4 rings (SSSR count). The van der Waals surface area contributed by atoms with Crippen molar-refractivity contribution in [2.75, 3.05) is 0 Å². The van der Waals surface area contributed by atoms with Crippen molar-refractivity contribution >= 4 is 5.97 Å². The fourth-order valence-corrected chi connectivity index (χ4v) is 6.95. The van der Waals surface area contributed by atoms with Crippen LogP contribution in [0, 0.1) is 41.3 Å². The lowest BCUT2D eigenvalue weighted by atomic mass is 9.59. The lowest BCUT2D eigenvalue weighted by molar-refractivity contribution is -0.144. The lowest BCUT2D eigenvalue weighted by Gasteiger charge is -2.46. The van der Waals surface area contributed by atoms with Gasteiger partial charge in [0.15, 0.2) is 11.6 Å². The minimum absolute atomic E-state index is 0.0353. The summed E-state index contributed by atoms with van der Waals surface area (Å²) >= 11 is 0. The molecule has 1 aromatic rings. The molecule has 0 aromatic heterocycles. The van der Waals surface area contributed by atoms with E-state index in [0.29, 0.717) is 11.8 Å². The Balaban J connectivity index is 1.31. The predicted molar refractivity (Wildman–Crippen MR) is 125 cm³/mol. The zero-order chi connectivity index (χ0) is 24.1. The lowest BCUT2D eigenvalue weighted by Crippen LogP contribution is -2.40. The molecule has 0 heterocycles. The summed E-state index contributed by atoms with van der Waals surface area (Å²) in [5.41, 5.74) is 0. The van der Waals surface area contributed by atoms with Crippen LogP contribution in [0.15, 0.2) is 30.9 Å². The highest BCUT2D eigenvalue weighted by atomic mass is 19.3. The van der Waals surface area contributed by atoms with Crippen molar-refractivity contribution in [3.63, 3.8) is 0 Å². The summed E-state index contributed by atoms with van der Waals surface area (Å²) in [4.78, 5) is 13.0. The second-order valence-electron chi connectivity index (χ2n) is 10.6. The first-order valence-corrected chi connectivity index (χ1v) is 13.0. The van der Waals surface area contributed by atoms with Crippen molar-refractivity contribution in [3.8, 4) is 11.5 Å². The van der Waals surface area contributed by atoms with Gasteiger partial charge >= 0.3 is 12.6 Å². The Morgan fingerprint density at radius 2 is 1.79 bits per heavy atom. The third kappa shape index (κ3) is 6.17. The van der Waals surface area contributed by atoms with Crippen LogP contribution in [-0.2, 0) is 4.79 Å². The summed E-state index contributed by atoms with van der Waals surface area (Å²) in [5.74, 6) is 1.36. The first-order valence-electron chi connectivity index (χ1n) is 13.0. The van der Waals surface area contributed by atoms with Gasteiger partial charge in [-0.15, -0.1) is 6.58 Å². The number of esters is 1. The van der Waals surface area contributed by atoms with Gasteiger partial charge in [0.2, 0.25) is 0 Å². The Kier molecular flexibility index (Phi) is 8.60. The molecule has 0 saturated heterocycles. The summed E-state index contributed by atoms with van der Waals surface area (Å²) in [5, 5.41) is 0. The van der Waals surface area contributed by atoms with E-state index in [4.69, 9.17) is 4.74 Å². The molecule has 34 heavy (non-hydrogen) atoms. The van der Waals surface area contributed by atoms with E-state index in [-0.39, 0.29) is 17.6 Å². The van der Waals surface area contributed by atoms with E-state index in [9.17, 15) is 18.0 Å². The van der Waals surface area contributed by atoms with Crippen LogP contribution in [0.5, 0.6) is 11.5 Å². The Morgan fingerprint density at radius 1 is 1.03 bits per heavy atom. The first kappa shape index (κ1) is 25.1. The van der Waals surface area contributed by atoms with Gasteiger partial charge in [-0.2, -0.15) is 8.78 Å². The van der Waals surface area contributed by atoms with Gasteiger partial charge in [0.05, 0.1) is 5.92 Å². The average molecular weight is 479 g/mol. The summed E-state index contributed by atoms with van der Waals surface area (Å²) in [7, 11) is 0. The van der Waals surface area contributed by atoms with Gasteiger partial charge < -0.3 is 9.47 Å². The number of halogens is 3. The normalized spacial score (nSPS) is 31.5. The van der Waals surface area contributed by atoms with Crippen molar-refractivity contribution in [1.82, 2.24) is 0 Å². The van der Waals surface area contributed by atoms with Gasteiger partial charge in [0.25, 0.3) is 0 Å². The van der Waals surface area contributed by atoms with E-state index in [1.165, 1.54) is 57.4 Å². The summed E-state index contributed by atoms with van der Waals surface area (Å²) in [6, 6.07) is 3.32. The van der Waals surface area contributed by atoms with Crippen LogP contribution >= 0.6 is 0 Å². The number of allylic oxidation sites excluding steroid dienone is 1. The predicted octanol–water partition coefficient (Wildman–Crippen LogP) is 7.94. The third-order valence-corrected chi connectivity index (χ3v) is 8.67. The topological polar surface area (TPSA) is 35.5 Å². The van der Waals surface area contributed by atoms with E-state index in [2.05, 4.69) is 11.3 Å². The summed E-state index contributed by atoms with van der Waals surface area (Å²) in [6.07, 6.45) is 16.2. The SMILES string of the molecule is C=CCCC1CCC(C2CCC3C(CCCC3C(=O)Oc3ccc(OC(F)F)c(F)c3)C2)CC1. The Morgan fingerprint density at radius 3 is 2.50 bits per heavy atom. The number of alkyl halides is 2. The molecule has 3 aliphatic carbocycles. The molecule has 3 nitrogen and oxygen atoms in total. The van der Waals surface area contributed by atoms with Crippen LogP contribution in [0.25, 0.3) is 0 Å². The second-order valence-corrected chi connectivity index (χ2v) is 10.6. The van der Waals surface area contributed by atoms with E-state index >= 15 is 0 Å². The molecule has 0 bridgehead atoms. The van der Waals surface area contributed by atoms with Crippen LogP contribution in [0.3, 0.4) is 0 Å². The number of benzene rings is 1. The summed E-state index contributed by atoms with van der Waals surface area (Å²) in [6.45, 7) is 0.744. The van der Waals surface area contributed by atoms with Gasteiger partial charge in [-0.25, -0.2) is 4.39 Å². The zero-order valence-electron chi connectivity index (χ0n) is 19.9. The van der Waals surface area contributed by atoms with Gasteiger partial charge in [-0.05, 0) is 93.1 Å². The Bertz CT molecular complexity index is 834. The highest BCUT2D eigenvalue weighted by molar-refractivity contribution is 5.75. The maximum atomic E-state index is 14.0. The number of hydrogen-bond acceptors (Lipinski definition) is 3. The molecule has 6 heteroatoms. The molecule has 3 aliphatic rings. The number of carbonyl (C=O) groups is 1. The van der Waals surface area contributed by atoms with Crippen LogP contribution in [-0.4, -0.2) is 12.6 Å². The summed E-state index contributed by atoms with van der Waals surface area (Å²) < 4.78 is 48.3. The molecule has 0 amide bonds. The zero-order valence-corrected chi connectivity index (χ0v) is 19.9. The molecule has 4 atom stereocenters. The van der Waals surface area contributed by atoms with E-state index in [1.807, 2.05) is 6.08 Å². The third-order valence-electron chi connectivity index (χ3n) is 8.67. The largest absolute Gasteiger partial charge is 0.432 e. The fourth-order valence-electron chi connectivity index (χ4n) is 6.95. The van der Waals surface area contributed by atoms with Crippen molar-refractivity contribution in [3.05, 3.63) is 36.7 Å². The minimum atomic E-state index is -3.11. The van der Waals surface area contributed by atoms with Crippen LogP contribution in [0.4, 0.5) is 13.2 Å². The molecule has 0 aliphatic heterocycles. The standard InChI is InChI=1S/C28H37F3O3/c1-2-3-5-18-8-10-19(11-9-18)20-12-14-23-21(16-20)6-4-7-24(23)27(32)33-22-13-15-26(25(29)17-22)34-28(30)31/h2,13,15,17-21,23-24,28H,1,3-12,14,16H2. The van der Waals surface area contributed by atoms with Gasteiger partial charge in [-0.1, -0.05) is 31.8 Å². The van der Waals surface area contributed by atoms with Crippen LogP contribution < -0.4 is 9.47 Å². The smallest absolute Gasteiger partial charge is 0.387 e.